The molecular weight excluding hydrogens is 270 g/mol. The normalized spacial score (nSPS) is 10.6. The van der Waals surface area contributed by atoms with E-state index >= 15 is 0 Å². The summed E-state index contributed by atoms with van der Waals surface area (Å²) in [6.45, 7) is 6.64. The fourth-order valence-electron chi connectivity index (χ4n) is 1.81. The summed E-state index contributed by atoms with van der Waals surface area (Å²) in [5.74, 6) is -0.892. The van der Waals surface area contributed by atoms with E-state index in [4.69, 9.17) is 15.2 Å². The van der Waals surface area contributed by atoms with E-state index in [1.165, 1.54) is 0 Å². The van der Waals surface area contributed by atoms with Crippen LogP contribution >= 0.6 is 0 Å². The lowest BCUT2D eigenvalue weighted by Gasteiger charge is -2.14. The van der Waals surface area contributed by atoms with E-state index in [9.17, 15) is 9.90 Å². The Hall–Kier alpha value is -0.910. The summed E-state index contributed by atoms with van der Waals surface area (Å²) in [4.78, 5) is 11.4. The maximum absolute atomic E-state index is 11.4. The summed E-state index contributed by atoms with van der Waals surface area (Å²) in [6.07, 6.45) is 5.21. The number of carbonyl (C=O) groups is 1. The first-order valence-corrected chi connectivity index (χ1v) is 7.97. The summed E-state index contributed by atoms with van der Waals surface area (Å²) in [5.41, 5.74) is 6.61. The number of hydrogen-bond donors (Lipinski definition) is 2. The molecule has 3 N–H and O–H groups in total. The van der Waals surface area contributed by atoms with Crippen LogP contribution in [0.4, 0.5) is 0 Å². The highest BCUT2D eigenvalue weighted by molar-refractivity contribution is 5.87. The second-order valence-electron chi connectivity index (χ2n) is 5.09. The third-order valence-electron chi connectivity index (χ3n) is 3.15. The van der Waals surface area contributed by atoms with Crippen LogP contribution in [0.3, 0.4) is 0 Å². The first-order chi connectivity index (χ1) is 10.2. The minimum absolute atomic E-state index is 0.332. The van der Waals surface area contributed by atoms with Crippen molar-refractivity contribution < 1.29 is 19.4 Å². The predicted octanol–water partition coefficient (Wildman–Crippen LogP) is 2.74. The van der Waals surface area contributed by atoms with E-state index in [0.717, 1.165) is 31.3 Å². The van der Waals surface area contributed by atoms with Crippen molar-refractivity contribution in [3.63, 3.8) is 0 Å². The van der Waals surface area contributed by atoms with Crippen LogP contribution in [0.15, 0.2) is 11.1 Å². The van der Waals surface area contributed by atoms with Crippen molar-refractivity contribution in [3.05, 3.63) is 11.1 Å². The molecule has 0 spiro atoms. The molecular formula is C16H31NO4. The van der Waals surface area contributed by atoms with Gasteiger partial charge in [0.05, 0.1) is 13.2 Å². The number of carboxylic acids is 1. The van der Waals surface area contributed by atoms with Crippen LogP contribution in [0.5, 0.6) is 0 Å². The van der Waals surface area contributed by atoms with Crippen LogP contribution in [0.2, 0.25) is 0 Å². The van der Waals surface area contributed by atoms with Gasteiger partial charge in [-0.25, -0.2) is 4.79 Å². The molecule has 0 fully saturated rings. The van der Waals surface area contributed by atoms with Crippen molar-refractivity contribution in [1.82, 2.24) is 0 Å². The van der Waals surface area contributed by atoms with Gasteiger partial charge in [0.2, 0.25) is 0 Å². The number of unbranched alkanes of at least 4 members (excludes halogenated alkanes) is 2. The summed E-state index contributed by atoms with van der Waals surface area (Å²) < 4.78 is 11.1. The fraction of sp³-hybridized carbons (Fsp3) is 0.812. The molecule has 0 rings (SSSR count). The molecule has 0 saturated carbocycles. The van der Waals surface area contributed by atoms with Gasteiger partial charge in [-0.2, -0.15) is 0 Å². The van der Waals surface area contributed by atoms with Crippen LogP contribution in [-0.2, 0) is 14.3 Å². The molecule has 0 aliphatic heterocycles. The van der Waals surface area contributed by atoms with Crippen LogP contribution in [0, 0.1) is 0 Å². The number of aliphatic carboxylic acids is 1. The monoisotopic (exact) mass is 301 g/mol. The van der Waals surface area contributed by atoms with Crippen molar-refractivity contribution in [1.29, 1.82) is 0 Å². The van der Waals surface area contributed by atoms with Gasteiger partial charge in [0.15, 0.2) is 0 Å². The van der Waals surface area contributed by atoms with Gasteiger partial charge >= 0.3 is 5.97 Å². The number of hydrogen-bond acceptors (Lipinski definition) is 4. The van der Waals surface area contributed by atoms with E-state index < -0.39 is 5.97 Å². The standard InChI is InChI=1S/C16H31NO4/c1-3-5-10-20-12-14(13-21-11-6-4-2)15(16(18)19)8-7-9-17/h3-13,17H2,1-2H3,(H,18,19). The third kappa shape index (κ3) is 10.5. The Morgan fingerprint density at radius 1 is 1.00 bits per heavy atom. The van der Waals surface area contributed by atoms with Crippen molar-refractivity contribution in [2.75, 3.05) is 33.0 Å². The first kappa shape index (κ1) is 20.1. The Bertz CT molecular complexity index is 289. The minimum atomic E-state index is -0.892. The Balaban J connectivity index is 4.63. The Labute approximate surface area is 128 Å². The minimum Gasteiger partial charge on any atom is -0.478 e. The van der Waals surface area contributed by atoms with Gasteiger partial charge in [-0.1, -0.05) is 26.7 Å². The Morgan fingerprint density at radius 3 is 1.90 bits per heavy atom. The number of rotatable bonds is 14. The lowest BCUT2D eigenvalue weighted by molar-refractivity contribution is -0.133. The molecule has 5 heteroatoms. The molecule has 0 amide bonds. The molecule has 124 valence electrons. The van der Waals surface area contributed by atoms with E-state index in [2.05, 4.69) is 13.8 Å². The SMILES string of the molecule is CCCCOCC(COCCCC)=C(CCCN)C(=O)O. The smallest absolute Gasteiger partial charge is 0.331 e. The maximum Gasteiger partial charge on any atom is 0.331 e. The molecule has 0 aromatic carbocycles. The van der Waals surface area contributed by atoms with Gasteiger partial charge in [-0.3, -0.25) is 0 Å². The van der Waals surface area contributed by atoms with E-state index in [1.807, 2.05) is 0 Å². The number of nitrogens with two attached hydrogens (primary N) is 1. The van der Waals surface area contributed by atoms with Gasteiger partial charge in [-0.05, 0) is 37.8 Å². The van der Waals surface area contributed by atoms with Crippen molar-refractivity contribution in [2.24, 2.45) is 5.73 Å². The maximum atomic E-state index is 11.4. The van der Waals surface area contributed by atoms with Crippen LogP contribution in [0.25, 0.3) is 0 Å². The average molecular weight is 301 g/mol. The zero-order valence-electron chi connectivity index (χ0n) is 13.5. The number of carboxylic acid groups (broad SMARTS) is 1. The molecule has 0 atom stereocenters. The molecule has 0 radical (unpaired) electrons. The lowest BCUT2D eigenvalue weighted by atomic mass is 10.0. The highest BCUT2D eigenvalue weighted by atomic mass is 16.5. The summed E-state index contributed by atoms with van der Waals surface area (Å²) in [7, 11) is 0. The van der Waals surface area contributed by atoms with Gasteiger partial charge in [-0.15, -0.1) is 0 Å². The quantitative estimate of drug-likeness (QED) is 0.381. The lowest BCUT2D eigenvalue weighted by Crippen LogP contribution is -2.15. The molecule has 5 nitrogen and oxygen atoms in total. The number of ether oxygens (including phenoxy) is 2. The van der Waals surface area contributed by atoms with E-state index in [1.54, 1.807) is 0 Å². The van der Waals surface area contributed by atoms with Crippen LogP contribution in [-0.4, -0.2) is 44.0 Å². The van der Waals surface area contributed by atoms with E-state index in [0.29, 0.717) is 51.4 Å². The van der Waals surface area contributed by atoms with Crippen molar-refractivity contribution in [2.45, 2.75) is 52.4 Å². The second-order valence-corrected chi connectivity index (χ2v) is 5.09. The molecule has 0 aliphatic carbocycles. The molecule has 0 aliphatic rings. The van der Waals surface area contributed by atoms with Gasteiger partial charge in [0.25, 0.3) is 0 Å². The Kier molecular flexibility index (Phi) is 13.4. The summed E-state index contributed by atoms with van der Waals surface area (Å²) >= 11 is 0. The zero-order valence-corrected chi connectivity index (χ0v) is 13.5. The van der Waals surface area contributed by atoms with Crippen LogP contribution < -0.4 is 5.73 Å². The summed E-state index contributed by atoms with van der Waals surface area (Å²) in [6, 6.07) is 0. The third-order valence-corrected chi connectivity index (χ3v) is 3.15. The summed E-state index contributed by atoms with van der Waals surface area (Å²) in [5, 5.41) is 9.37. The average Bonchev–Trinajstić information content (AvgIpc) is 2.47. The molecule has 0 unspecified atom stereocenters. The Morgan fingerprint density at radius 2 is 1.52 bits per heavy atom. The highest BCUT2D eigenvalue weighted by Crippen LogP contribution is 2.13. The van der Waals surface area contributed by atoms with E-state index in [-0.39, 0.29) is 0 Å². The second kappa shape index (κ2) is 14.0. The fourth-order valence-corrected chi connectivity index (χ4v) is 1.81. The zero-order chi connectivity index (χ0) is 15.9. The molecule has 0 heterocycles. The molecule has 0 saturated heterocycles. The van der Waals surface area contributed by atoms with Crippen molar-refractivity contribution >= 4 is 5.97 Å². The first-order valence-electron chi connectivity index (χ1n) is 7.97. The molecule has 0 aromatic rings. The van der Waals surface area contributed by atoms with Gasteiger partial charge in [0.1, 0.15) is 0 Å². The topological polar surface area (TPSA) is 81.8 Å². The highest BCUT2D eigenvalue weighted by Gasteiger charge is 2.14. The largest absolute Gasteiger partial charge is 0.478 e. The predicted molar refractivity (Wildman–Crippen MR) is 84.4 cm³/mol. The van der Waals surface area contributed by atoms with Crippen molar-refractivity contribution in [3.8, 4) is 0 Å². The molecule has 21 heavy (non-hydrogen) atoms. The van der Waals surface area contributed by atoms with Crippen LogP contribution in [0.1, 0.15) is 52.4 Å². The van der Waals surface area contributed by atoms with Gasteiger partial charge in [0, 0.05) is 18.8 Å². The molecule has 0 bridgehead atoms. The molecule has 0 aromatic heterocycles. The van der Waals surface area contributed by atoms with Gasteiger partial charge < -0.3 is 20.3 Å².